The quantitative estimate of drug-likeness (QED) is 0.792. The Morgan fingerprint density at radius 2 is 2.05 bits per heavy atom. The Kier molecular flexibility index (Phi) is 4.32. The molecule has 1 aromatic carbocycles. The number of hydrogen-bond donors (Lipinski definition) is 1. The topological polar surface area (TPSA) is 46.4 Å². The first-order valence-electron chi connectivity index (χ1n) is 6.79. The van der Waals surface area contributed by atoms with Crippen molar-refractivity contribution in [3.8, 4) is 0 Å². The van der Waals surface area contributed by atoms with E-state index < -0.39 is 0 Å². The third kappa shape index (κ3) is 3.08. The molecule has 0 aliphatic rings. The van der Waals surface area contributed by atoms with Crippen molar-refractivity contribution < 1.29 is 4.79 Å². The number of benzene rings is 1. The number of nitrogens with one attached hydrogen (secondary N) is 1. The Morgan fingerprint density at radius 1 is 1.18 bits per heavy atom. The highest BCUT2D eigenvalue weighted by Crippen LogP contribution is 2.22. The van der Waals surface area contributed by atoms with Crippen LogP contribution in [0.3, 0.4) is 0 Å². The molecule has 22 heavy (non-hydrogen) atoms. The summed E-state index contributed by atoms with van der Waals surface area (Å²) in [5.74, 6) is 0.726. The van der Waals surface area contributed by atoms with E-state index >= 15 is 0 Å². The number of halogens is 2. The number of hydrogen-bond acceptors (Lipinski definition) is 2. The van der Waals surface area contributed by atoms with E-state index in [1.807, 2.05) is 35.0 Å². The molecule has 0 radical (unpaired) electrons. The number of imidazole rings is 1. The fourth-order valence-corrected chi connectivity index (χ4v) is 2.51. The summed E-state index contributed by atoms with van der Waals surface area (Å²) in [6.45, 7) is 0.493. The van der Waals surface area contributed by atoms with Crippen LogP contribution in [0.25, 0.3) is 5.52 Å². The van der Waals surface area contributed by atoms with E-state index in [4.69, 9.17) is 23.2 Å². The van der Waals surface area contributed by atoms with Gasteiger partial charge in [-0.05, 0) is 30.3 Å². The van der Waals surface area contributed by atoms with Crippen molar-refractivity contribution in [2.24, 2.45) is 0 Å². The molecule has 1 amide bonds. The highest BCUT2D eigenvalue weighted by atomic mass is 35.5. The standard InChI is InChI=1S/C16H13Cl2N3O/c17-13-5-4-11(9-14(13)18)16(22)19-7-6-15-20-10-12-3-1-2-8-21(12)15/h1-5,8-10H,6-7H2,(H,19,22). The van der Waals surface area contributed by atoms with Crippen molar-refractivity contribution in [1.29, 1.82) is 0 Å². The van der Waals surface area contributed by atoms with Crippen LogP contribution in [0.1, 0.15) is 16.2 Å². The summed E-state index contributed by atoms with van der Waals surface area (Å²) in [4.78, 5) is 16.4. The molecule has 0 atom stereocenters. The Balaban J connectivity index is 1.63. The van der Waals surface area contributed by atoms with E-state index in [9.17, 15) is 4.79 Å². The normalized spacial score (nSPS) is 10.8. The first kappa shape index (κ1) is 14.9. The van der Waals surface area contributed by atoms with Gasteiger partial charge >= 0.3 is 0 Å². The minimum absolute atomic E-state index is 0.181. The van der Waals surface area contributed by atoms with E-state index in [1.165, 1.54) is 0 Å². The summed E-state index contributed by atoms with van der Waals surface area (Å²) in [7, 11) is 0. The van der Waals surface area contributed by atoms with Crippen molar-refractivity contribution >= 4 is 34.6 Å². The molecule has 2 aromatic heterocycles. The molecule has 0 saturated heterocycles. The van der Waals surface area contributed by atoms with Crippen LogP contribution in [0.15, 0.2) is 48.8 Å². The molecular weight excluding hydrogens is 321 g/mol. The van der Waals surface area contributed by atoms with Gasteiger partial charge in [-0.15, -0.1) is 0 Å². The molecular formula is C16H13Cl2N3O. The molecule has 0 unspecified atom stereocenters. The number of amides is 1. The van der Waals surface area contributed by atoms with Gasteiger partial charge in [0.1, 0.15) is 5.82 Å². The number of fused-ring (bicyclic) bond motifs is 1. The molecule has 6 heteroatoms. The molecule has 3 rings (SSSR count). The zero-order valence-electron chi connectivity index (χ0n) is 11.6. The second kappa shape index (κ2) is 6.38. The van der Waals surface area contributed by atoms with Gasteiger partial charge in [-0.25, -0.2) is 4.98 Å². The third-order valence-electron chi connectivity index (χ3n) is 3.33. The predicted octanol–water partition coefficient (Wildman–Crippen LogP) is 3.61. The maximum Gasteiger partial charge on any atom is 0.251 e. The molecule has 112 valence electrons. The second-order valence-electron chi connectivity index (χ2n) is 4.80. The highest BCUT2D eigenvalue weighted by Gasteiger charge is 2.08. The van der Waals surface area contributed by atoms with Crippen molar-refractivity contribution in [2.75, 3.05) is 6.54 Å². The third-order valence-corrected chi connectivity index (χ3v) is 4.07. The van der Waals surface area contributed by atoms with Gasteiger partial charge in [-0.2, -0.15) is 0 Å². The first-order valence-corrected chi connectivity index (χ1v) is 7.55. The van der Waals surface area contributed by atoms with Crippen LogP contribution in [-0.2, 0) is 6.42 Å². The Bertz CT molecular complexity index is 829. The van der Waals surface area contributed by atoms with Crippen LogP contribution in [0, 0.1) is 0 Å². The Morgan fingerprint density at radius 3 is 2.86 bits per heavy atom. The van der Waals surface area contributed by atoms with Crippen LogP contribution in [0.2, 0.25) is 10.0 Å². The number of aromatic nitrogens is 2. The molecule has 4 nitrogen and oxygen atoms in total. The number of rotatable bonds is 4. The van der Waals surface area contributed by atoms with Crippen LogP contribution >= 0.6 is 23.2 Å². The molecule has 0 bridgehead atoms. The summed E-state index contributed by atoms with van der Waals surface area (Å²) in [5, 5.41) is 3.66. The predicted molar refractivity (Wildman–Crippen MR) is 87.7 cm³/mol. The SMILES string of the molecule is O=C(NCCc1ncc2ccccn12)c1ccc(Cl)c(Cl)c1. The average Bonchev–Trinajstić information content (AvgIpc) is 2.93. The maximum absolute atomic E-state index is 12.1. The van der Waals surface area contributed by atoms with Crippen molar-refractivity contribution in [1.82, 2.24) is 14.7 Å². The molecule has 3 aromatic rings. The molecule has 0 aliphatic carbocycles. The molecule has 0 saturated carbocycles. The summed E-state index contributed by atoms with van der Waals surface area (Å²) in [6, 6.07) is 10.7. The largest absolute Gasteiger partial charge is 0.352 e. The Hall–Kier alpha value is -2.04. The zero-order valence-corrected chi connectivity index (χ0v) is 13.1. The smallest absolute Gasteiger partial charge is 0.251 e. The minimum atomic E-state index is -0.181. The fraction of sp³-hybridized carbons (Fsp3) is 0.125. The van der Waals surface area contributed by atoms with Gasteiger partial charge in [0, 0.05) is 24.7 Å². The molecule has 0 fully saturated rings. The van der Waals surface area contributed by atoms with Crippen molar-refractivity contribution in [2.45, 2.75) is 6.42 Å². The van der Waals surface area contributed by atoms with Crippen molar-refractivity contribution in [3.63, 3.8) is 0 Å². The van der Waals surface area contributed by atoms with Gasteiger partial charge < -0.3 is 9.72 Å². The highest BCUT2D eigenvalue weighted by molar-refractivity contribution is 6.42. The van der Waals surface area contributed by atoms with Gasteiger partial charge in [0.15, 0.2) is 0 Å². The summed E-state index contributed by atoms with van der Waals surface area (Å²) < 4.78 is 2.01. The molecule has 0 aliphatic heterocycles. The minimum Gasteiger partial charge on any atom is -0.352 e. The van der Waals surface area contributed by atoms with Gasteiger partial charge in [0.25, 0.3) is 5.91 Å². The lowest BCUT2D eigenvalue weighted by molar-refractivity contribution is 0.0954. The first-order chi connectivity index (χ1) is 10.6. The van der Waals surface area contributed by atoms with E-state index in [2.05, 4.69) is 10.3 Å². The van der Waals surface area contributed by atoms with Crippen LogP contribution in [0.5, 0.6) is 0 Å². The second-order valence-corrected chi connectivity index (χ2v) is 5.62. The molecule has 0 spiro atoms. The number of carbonyl (C=O) groups is 1. The van der Waals surface area contributed by atoms with Crippen molar-refractivity contribution in [3.05, 3.63) is 70.2 Å². The van der Waals surface area contributed by atoms with E-state index in [0.717, 1.165) is 11.3 Å². The lowest BCUT2D eigenvalue weighted by Gasteiger charge is -2.06. The average molecular weight is 334 g/mol. The lowest BCUT2D eigenvalue weighted by Crippen LogP contribution is -2.26. The van der Waals surface area contributed by atoms with E-state index in [1.54, 1.807) is 18.2 Å². The van der Waals surface area contributed by atoms with Gasteiger partial charge in [-0.3, -0.25) is 4.79 Å². The number of pyridine rings is 1. The van der Waals surface area contributed by atoms with Crippen LogP contribution < -0.4 is 5.32 Å². The summed E-state index contributed by atoms with van der Waals surface area (Å²) >= 11 is 11.8. The monoisotopic (exact) mass is 333 g/mol. The number of nitrogens with zero attached hydrogens (tertiary/aromatic N) is 2. The summed E-state index contributed by atoms with van der Waals surface area (Å²) in [6.07, 6.45) is 4.42. The van der Waals surface area contributed by atoms with E-state index in [0.29, 0.717) is 28.6 Å². The summed E-state index contributed by atoms with van der Waals surface area (Å²) in [5.41, 5.74) is 1.52. The molecule has 2 heterocycles. The zero-order chi connectivity index (χ0) is 15.5. The van der Waals surface area contributed by atoms with E-state index in [-0.39, 0.29) is 5.91 Å². The van der Waals surface area contributed by atoms with Gasteiger partial charge in [-0.1, -0.05) is 29.3 Å². The van der Waals surface area contributed by atoms with Crippen LogP contribution in [-0.4, -0.2) is 21.8 Å². The van der Waals surface area contributed by atoms with Gasteiger partial charge in [0.2, 0.25) is 0 Å². The van der Waals surface area contributed by atoms with Gasteiger partial charge in [0.05, 0.1) is 21.8 Å². The fourth-order valence-electron chi connectivity index (χ4n) is 2.21. The Labute approximate surface area is 137 Å². The van der Waals surface area contributed by atoms with Crippen LogP contribution in [0.4, 0.5) is 0 Å². The molecule has 1 N–H and O–H groups in total. The maximum atomic E-state index is 12.1. The lowest BCUT2D eigenvalue weighted by atomic mass is 10.2. The number of carbonyl (C=O) groups excluding carboxylic acids is 1.